The summed E-state index contributed by atoms with van der Waals surface area (Å²) in [5.74, 6) is 0.0394. The van der Waals surface area contributed by atoms with Crippen LogP contribution in [0.3, 0.4) is 0 Å². The molecular formula is C27H30N2O4S. The summed E-state index contributed by atoms with van der Waals surface area (Å²) in [5, 5.41) is 2.97. The van der Waals surface area contributed by atoms with Crippen LogP contribution in [-0.2, 0) is 34.2 Å². The molecule has 3 aromatic rings. The number of fused-ring (bicyclic) bond motifs is 1. The van der Waals surface area contributed by atoms with E-state index in [2.05, 4.69) is 37.4 Å². The molecule has 0 bridgehead atoms. The molecule has 1 aliphatic heterocycles. The summed E-state index contributed by atoms with van der Waals surface area (Å²) < 4.78 is 34.2. The van der Waals surface area contributed by atoms with Crippen LogP contribution in [0.25, 0.3) is 0 Å². The summed E-state index contributed by atoms with van der Waals surface area (Å²) in [4.78, 5) is 13.3. The summed E-state index contributed by atoms with van der Waals surface area (Å²) in [7, 11) is -3.87. The number of nitrogens with zero attached hydrogens (tertiary/aromatic N) is 1. The number of hydrogen-bond acceptors (Lipinski definition) is 4. The van der Waals surface area contributed by atoms with Crippen LogP contribution >= 0.6 is 0 Å². The second kappa shape index (κ2) is 9.89. The lowest BCUT2D eigenvalue weighted by Gasteiger charge is -2.35. The second-order valence-electron chi connectivity index (χ2n) is 8.45. The van der Waals surface area contributed by atoms with Gasteiger partial charge in [0.2, 0.25) is 0 Å². The Kier molecular flexibility index (Phi) is 6.93. The predicted octanol–water partition coefficient (Wildman–Crippen LogP) is 4.39. The van der Waals surface area contributed by atoms with Crippen molar-refractivity contribution in [2.75, 3.05) is 10.8 Å². The Morgan fingerprint density at radius 2 is 1.76 bits per heavy atom. The van der Waals surface area contributed by atoms with Gasteiger partial charge in [-0.15, -0.1) is 0 Å². The Labute approximate surface area is 201 Å². The van der Waals surface area contributed by atoms with Gasteiger partial charge in [-0.25, -0.2) is 8.42 Å². The van der Waals surface area contributed by atoms with E-state index in [1.54, 1.807) is 42.5 Å². The van der Waals surface area contributed by atoms with E-state index >= 15 is 0 Å². The zero-order chi connectivity index (χ0) is 24.3. The van der Waals surface area contributed by atoms with Gasteiger partial charge in [0.15, 0.2) is 6.10 Å². The number of hydrogen-bond donors (Lipinski definition) is 1. The van der Waals surface area contributed by atoms with Crippen LogP contribution < -0.4 is 14.4 Å². The van der Waals surface area contributed by atoms with E-state index in [1.165, 1.54) is 15.4 Å². The van der Waals surface area contributed by atoms with E-state index in [4.69, 9.17) is 4.74 Å². The van der Waals surface area contributed by atoms with Crippen molar-refractivity contribution in [3.05, 3.63) is 89.0 Å². The lowest BCUT2D eigenvalue weighted by atomic mass is 10.0. The van der Waals surface area contributed by atoms with Crippen molar-refractivity contribution in [2.45, 2.75) is 51.2 Å². The second-order valence-corrected chi connectivity index (χ2v) is 10.3. The fourth-order valence-corrected chi connectivity index (χ4v) is 5.65. The molecule has 178 valence electrons. The van der Waals surface area contributed by atoms with Gasteiger partial charge in [-0.1, -0.05) is 56.3 Å². The van der Waals surface area contributed by atoms with Gasteiger partial charge in [-0.3, -0.25) is 9.10 Å². The lowest BCUT2D eigenvalue weighted by Crippen LogP contribution is -2.50. The molecule has 1 aliphatic rings. The molecule has 4 rings (SSSR count). The van der Waals surface area contributed by atoms with E-state index in [0.717, 1.165) is 24.0 Å². The van der Waals surface area contributed by atoms with Crippen LogP contribution in [0.1, 0.15) is 36.1 Å². The molecule has 1 heterocycles. The molecule has 0 saturated carbocycles. The highest BCUT2D eigenvalue weighted by Gasteiger charge is 2.37. The Balaban J connectivity index is 1.61. The molecule has 1 N–H and O–H groups in total. The molecule has 0 saturated heterocycles. The number of amides is 1. The van der Waals surface area contributed by atoms with Crippen molar-refractivity contribution in [3.63, 3.8) is 0 Å². The van der Waals surface area contributed by atoms with E-state index < -0.39 is 16.1 Å². The molecule has 0 aromatic heterocycles. The Bertz CT molecular complexity index is 1290. The van der Waals surface area contributed by atoms with Crippen LogP contribution in [0.4, 0.5) is 5.69 Å². The number of benzene rings is 3. The molecule has 34 heavy (non-hydrogen) atoms. The molecule has 1 atom stereocenters. The minimum atomic E-state index is -3.87. The van der Waals surface area contributed by atoms with Crippen LogP contribution in [0, 0.1) is 6.92 Å². The van der Waals surface area contributed by atoms with Gasteiger partial charge in [0.1, 0.15) is 5.75 Å². The summed E-state index contributed by atoms with van der Waals surface area (Å²) in [5.41, 5.74) is 4.80. The average Bonchev–Trinajstić information content (AvgIpc) is 2.86. The predicted molar refractivity (Wildman–Crippen MR) is 134 cm³/mol. The molecule has 1 amide bonds. The summed E-state index contributed by atoms with van der Waals surface area (Å²) >= 11 is 0. The minimum absolute atomic E-state index is 0.102. The van der Waals surface area contributed by atoms with Crippen LogP contribution in [0.5, 0.6) is 5.75 Å². The molecule has 3 aromatic carbocycles. The van der Waals surface area contributed by atoms with Gasteiger partial charge in [-0.2, -0.15) is 0 Å². The van der Waals surface area contributed by atoms with Crippen LogP contribution in [0.15, 0.2) is 71.6 Å². The fourth-order valence-electron chi connectivity index (χ4n) is 4.15. The molecule has 1 unspecified atom stereocenters. The van der Waals surface area contributed by atoms with Gasteiger partial charge in [0.05, 0.1) is 17.1 Å². The summed E-state index contributed by atoms with van der Waals surface area (Å²) in [6, 6.07) is 19.9. The topological polar surface area (TPSA) is 75.7 Å². The van der Waals surface area contributed by atoms with Gasteiger partial charge in [0, 0.05) is 6.54 Å². The van der Waals surface area contributed by atoms with Crippen molar-refractivity contribution in [1.82, 2.24) is 5.32 Å². The van der Waals surface area contributed by atoms with Crippen molar-refractivity contribution >= 4 is 21.6 Å². The van der Waals surface area contributed by atoms with Crippen molar-refractivity contribution in [2.24, 2.45) is 0 Å². The molecule has 0 radical (unpaired) electrons. The molecule has 0 spiro atoms. The van der Waals surface area contributed by atoms with Crippen LogP contribution in [0.2, 0.25) is 0 Å². The number of aryl methyl sites for hydroxylation is 3. The first-order chi connectivity index (χ1) is 16.3. The van der Waals surface area contributed by atoms with E-state index in [0.29, 0.717) is 18.0 Å². The Morgan fingerprint density at radius 3 is 2.47 bits per heavy atom. The highest BCUT2D eigenvalue weighted by Crippen LogP contribution is 2.37. The maximum Gasteiger partial charge on any atom is 0.264 e. The van der Waals surface area contributed by atoms with Gasteiger partial charge < -0.3 is 10.1 Å². The number of sulfonamides is 1. The molecular weight excluding hydrogens is 448 g/mol. The number of carbonyl (C=O) groups is 1. The third-order valence-corrected chi connectivity index (χ3v) is 7.92. The quantitative estimate of drug-likeness (QED) is 0.546. The zero-order valence-corrected chi connectivity index (χ0v) is 20.6. The fraction of sp³-hybridized carbons (Fsp3) is 0.296. The van der Waals surface area contributed by atoms with Crippen molar-refractivity contribution in [3.8, 4) is 5.75 Å². The zero-order valence-electron chi connectivity index (χ0n) is 19.7. The standard InChI is InChI=1S/C27H30N2O4S/c1-4-20-12-13-21(5-2)22(16-20)17-28-27(30)26-18-29(24-14-11-19(3)15-25(24)33-26)34(31,32)23-9-7-6-8-10-23/h6-16,26H,4-5,17-18H2,1-3H3,(H,28,30). The van der Waals surface area contributed by atoms with Crippen molar-refractivity contribution < 1.29 is 17.9 Å². The van der Waals surface area contributed by atoms with Crippen molar-refractivity contribution in [1.29, 1.82) is 0 Å². The number of nitrogens with one attached hydrogen (secondary N) is 1. The number of rotatable bonds is 7. The molecule has 0 aliphatic carbocycles. The minimum Gasteiger partial charge on any atom is -0.476 e. The smallest absolute Gasteiger partial charge is 0.264 e. The first-order valence-electron chi connectivity index (χ1n) is 11.6. The van der Waals surface area contributed by atoms with E-state index in [1.807, 2.05) is 13.0 Å². The highest BCUT2D eigenvalue weighted by molar-refractivity contribution is 7.92. The van der Waals surface area contributed by atoms with Gasteiger partial charge >= 0.3 is 0 Å². The SMILES string of the molecule is CCc1ccc(CC)c(CNC(=O)C2CN(S(=O)(=O)c3ccccc3)c3ccc(C)cc3O2)c1. The summed E-state index contributed by atoms with van der Waals surface area (Å²) in [6.07, 6.45) is 0.816. The number of carbonyl (C=O) groups excluding carboxylic acids is 1. The third-order valence-electron chi connectivity index (χ3n) is 6.12. The maximum absolute atomic E-state index is 13.5. The average molecular weight is 479 g/mol. The monoisotopic (exact) mass is 478 g/mol. The maximum atomic E-state index is 13.5. The summed E-state index contributed by atoms with van der Waals surface area (Å²) in [6.45, 7) is 6.34. The van der Waals surface area contributed by atoms with Gasteiger partial charge in [0.25, 0.3) is 15.9 Å². The molecule has 6 nitrogen and oxygen atoms in total. The van der Waals surface area contributed by atoms with Crippen LogP contribution in [-0.4, -0.2) is 27.0 Å². The van der Waals surface area contributed by atoms with E-state index in [-0.39, 0.29) is 17.3 Å². The van der Waals surface area contributed by atoms with Gasteiger partial charge in [-0.05, 0) is 66.3 Å². The Hall–Kier alpha value is -3.32. The highest BCUT2D eigenvalue weighted by atomic mass is 32.2. The largest absolute Gasteiger partial charge is 0.476 e. The van der Waals surface area contributed by atoms with E-state index in [9.17, 15) is 13.2 Å². The molecule has 0 fully saturated rings. The first kappa shape index (κ1) is 23.8. The lowest BCUT2D eigenvalue weighted by molar-refractivity contribution is -0.127. The third kappa shape index (κ3) is 4.80. The first-order valence-corrected chi connectivity index (χ1v) is 13.0. The normalized spacial score (nSPS) is 15.4. The number of ether oxygens (including phenoxy) is 1. The molecule has 7 heteroatoms. The Morgan fingerprint density at radius 1 is 1.00 bits per heavy atom. The number of anilines is 1.